The van der Waals surface area contributed by atoms with E-state index < -0.39 is 0 Å². The maximum atomic E-state index is 11.0. The first-order valence-electron chi connectivity index (χ1n) is 4.45. The summed E-state index contributed by atoms with van der Waals surface area (Å²) in [6.07, 6.45) is 0. The van der Waals surface area contributed by atoms with E-state index in [1.54, 1.807) is 6.07 Å². The van der Waals surface area contributed by atoms with Crippen LogP contribution in [0.4, 0.5) is 0 Å². The van der Waals surface area contributed by atoms with Gasteiger partial charge in [0, 0.05) is 29.2 Å². The van der Waals surface area contributed by atoms with Crippen LogP contribution in [-0.4, -0.2) is 10.5 Å². The molecule has 0 fully saturated rings. The number of hydrogen-bond acceptors (Lipinski definition) is 1. The number of nitrogens with two attached hydrogens (primary N) is 1. The predicted molar refractivity (Wildman–Crippen MR) is 63.4 cm³/mol. The standard InChI is InChI=1S/C11H12N2O.ClH/c1-7-5-9-6-8(11(12)14)3-4-10(9)13(7)2;/h3-6H,1-2H3,(H2,12,14);1H. The molecule has 1 amide bonds. The molecule has 0 bridgehead atoms. The summed E-state index contributed by atoms with van der Waals surface area (Å²) in [5, 5.41) is 1.06. The molecule has 1 aromatic carbocycles. The maximum Gasteiger partial charge on any atom is 0.248 e. The molecule has 0 atom stereocenters. The quantitative estimate of drug-likeness (QED) is 0.792. The molecular formula is C11H13ClN2O. The molecule has 0 radical (unpaired) electrons. The van der Waals surface area contributed by atoms with E-state index >= 15 is 0 Å². The molecule has 3 nitrogen and oxygen atoms in total. The minimum absolute atomic E-state index is 0. The van der Waals surface area contributed by atoms with Gasteiger partial charge in [-0.05, 0) is 31.2 Å². The average Bonchev–Trinajstić information content (AvgIpc) is 2.42. The lowest BCUT2D eigenvalue weighted by Gasteiger charge is -1.99. The van der Waals surface area contributed by atoms with Gasteiger partial charge in [-0.1, -0.05) is 0 Å². The highest BCUT2D eigenvalue weighted by atomic mass is 35.5. The van der Waals surface area contributed by atoms with E-state index in [-0.39, 0.29) is 18.3 Å². The van der Waals surface area contributed by atoms with E-state index in [4.69, 9.17) is 5.73 Å². The Morgan fingerprint density at radius 1 is 1.33 bits per heavy atom. The lowest BCUT2D eigenvalue weighted by atomic mass is 10.1. The number of hydrogen-bond donors (Lipinski definition) is 1. The molecule has 0 spiro atoms. The van der Waals surface area contributed by atoms with Crippen molar-refractivity contribution in [1.82, 2.24) is 4.57 Å². The Morgan fingerprint density at radius 2 is 2.00 bits per heavy atom. The van der Waals surface area contributed by atoms with E-state index in [9.17, 15) is 4.79 Å². The van der Waals surface area contributed by atoms with Crippen LogP contribution in [0.3, 0.4) is 0 Å². The fourth-order valence-corrected chi connectivity index (χ4v) is 1.64. The number of primary amides is 1. The molecule has 2 aromatic rings. The number of rotatable bonds is 1. The van der Waals surface area contributed by atoms with Gasteiger partial charge in [0.25, 0.3) is 0 Å². The van der Waals surface area contributed by atoms with E-state index in [2.05, 4.69) is 4.57 Å². The van der Waals surface area contributed by atoms with Crippen molar-refractivity contribution in [1.29, 1.82) is 0 Å². The van der Waals surface area contributed by atoms with Gasteiger partial charge in [-0.2, -0.15) is 0 Å². The SMILES string of the molecule is Cc1cc2cc(C(N)=O)ccc2n1C.Cl. The second kappa shape index (κ2) is 3.95. The van der Waals surface area contributed by atoms with Gasteiger partial charge >= 0.3 is 0 Å². The highest BCUT2D eigenvalue weighted by Gasteiger charge is 2.05. The highest BCUT2D eigenvalue weighted by molar-refractivity contribution is 5.97. The van der Waals surface area contributed by atoms with Crippen LogP contribution in [0, 0.1) is 6.92 Å². The minimum atomic E-state index is -0.381. The summed E-state index contributed by atoms with van der Waals surface area (Å²) >= 11 is 0. The number of aromatic nitrogens is 1. The zero-order valence-corrected chi connectivity index (χ0v) is 9.47. The summed E-state index contributed by atoms with van der Waals surface area (Å²) in [4.78, 5) is 11.0. The molecule has 2 rings (SSSR count). The minimum Gasteiger partial charge on any atom is -0.366 e. The topological polar surface area (TPSA) is 48.0 Å². The zero-order chi connectivity index (χ0) is 10.3. The molecule has 0 aliphatic rings. The summed E-state index contributed by atoms with van der Waals surface area (Å²) < 4.78 is 2.08. The average molecular weight is 225 g/mol. The normalized spacial score (nSPS) is 10.0. The Labute approximate surface area is 94.3 Å². The second-order valence-electron chi connectivity index (χ2n) is 3.48. The Morgan fingerprint density at radius 3 is 2.60 bits per heavy atom. The first kappa shape index (κ1) is 11.6. The molecule has 0 aliphatic carbocycles. The first-order valence-corrected chi connectivity index (χ1v) is 4.45. The molecule has 0 saturated heterocycles. The third-order valence-electron chi connectivity index (χ3n) is 2.57. The van der Waals surface area contributed by atoms with Crippen molar-refractivity contribution in [3.63, 3.8) is 0 Å². The van der Waals surface area contributed by atoms with Crippen LogP contribution in [0.15, 0.2) is 24.3 Å². The summed E-state index contributed by atoms with van der Waals surface area (Å²) in [6.45, 7) is 2.03. The van der Waals surface area contributed by atoms with Gasteiger partial charge in [-0.15, -0.1) is 12.4 Å². The van der Waals surface area contributed by atoms with Gasteiger partial charge in [0.15, 0.2) is 0 Å². The van der Waals surface area contributed by atoms with Crippen molar-refractivity contribution in [3.8, 4) is 0 Å². The molecule has 15 heavy (non-hydrogen) atoms. The number of benzene rings is 1. The number of carbonyl (C=O) groups is 1. The number of amides is 1. The van der Waals surface area contributed by atoms with Crippen molar-refractivity contribution >= 4 is 29.2 Å². The van der Waals surface area contributed by atoms with Crippen molar-refractivity contribution in [2.45, 2.75) is 6.92 Å². The van der Waals surface area contributed by atoms with Crippen LogP contribution in [0.5, 0.6) is 0 Å². The van der Waals surface area contributed by atoms with Crippen LogP contribution in [0.1, 0.15) is 16.1 Å². The summed E-state index contributed by atoms with van der Waals surface area (Å²) in [7, 11) is 2.00. The van der Waals surface area contributed by atoms with Crippen molar-refractivity contribution < 1.29 is 4.79 Å². The Bertz CT molecular complexity index is 517. The second-order valence-corrected chi connectivity index (χ2v) is 3.48. The number of aryl methyl sites for hydroxylation is 2. The van der Waals surface area contributed by atoms with Crippen LogP contribution < -0.4 is 5.73 Å². The molecular weight excluding hydrogens is 212 g/mol. The van der Waals surface area contributed by atoms with E-state index in [1.165, 1.54) is 5.69 Å². The monoisotopic (exact) mass is 224 g/mol. The van der Waals surface area contributed by atoms with Gasteiger partial charge in [-0.25, -0.2) is 0 Å². The molecule has 4 heteroatoms. The molecule has 0 saturated carbocycles. The molecule has 2 N–H and O–H groups in total. The lowest BCUT2D eigenvalue weighted by Crippen LogP contribution is -2.10. The van der Waals surface area contributed by atoms with Crippen LogP contribution in [0.25, 0.3) is 10.9 Å². The van der Waals surface area contributed by atoms with Gasteiger partial charge in [0.2, 0.25) is 5.91 Å². The Balaban J connectivity index is 0.00000112. The molecule has 0 aliphatic heterocycles. The number of fused-ring (bicyclic) bond motifs is 1. The van der Waals surface area contributed by atoms with Crippen LogP contribution in [0.2, 0.25) is 0 Å². The van der Waals surface area contributed by atoms with Gasteiger partial charge < -0.3 is 10.3 Å². The van der Waals surface area contributed by atoms with Gasteiger partial charge in [-0.3, -0.25) is 4.79 Å². The third-order valence-corrected chi connectivity index (χ3v) is 2.57. The van der Waals surface area contributed by atoms with Gasteiger partial charge in [0.05, 0.1) is 0 Å². The lowest BCUT2D eigenvalue weighted by molar-refractivity contribution is 0.100. The first-order chi connectivity index (χ1) is 6.59. The highest BCUT2D eigenvalue weighted by Crippen LogP contribution is 2.19. The summed E-state index contributed by atoms with van der Waals surface area (Å²) in [6, 6.07) is 7.54. The van der Waals surface area contributed by atoms with Crippen molar-refractivity contribution in [2.24, 2.45) is 12.8 Å². The van der Waals surface area contributed by atoms with Crippen LogP contribution >= 0.6 is 12.4 Å². The number of nitrogens with zero attached hydrogens (tertiary/aromatic N) is 1. The predicted octanol–water partition coefficient (Wildman–Crippen LogP) is 2.01. The number of halogens is 1. The van der Waals surface area contributed by atoms with Crippen molar-refractivity contribution in [2.75, 3.05) is 0 Å². The Kier molecular flexibility index (Phi) is 3.05. The number of carbonyl (C=O) groups excluding carboxylic acids is 1. The molecule has 1 heterocycles. The summed E-state index contributed by atoms with van der Waals surface area (Å²) in [5.74, 6) is -0.381. The third kappa shape index (κ3) is 1.83. The smallest absolute Gasteiger partial charge is 0.248 e. The zero-order valence-electron chi connectivity index (χ0n) is 8.65. The maximum absolute atomic E-state index is 11.0. The van der Waals surface area contributed by atoms with Crippen molar-refractivity contribution in [3.05, 3.63) is 35.5 Å². The summed E-state index contributed by atoms with van der Waals surface area (Å²) in [5.41, 5.74) is 8.05. The van der Waals surface area contributed by atoms with E-state index in [0.29, 0.717) is 5.56 Å². The van der Waals surface area contributed by atoms with Crippen LogP contribution in [-0.2, 0) is 7.05 Å². The van der Waals surface area contributed by atoms with E-state index in [1.807, 2.05) is 32.2 Å². The Hall–Kier alpha value is -1.48. The molecule has 0 unspecified atom stereocenters. The molecule has 1 aromatic heterocycles. The van der Waals surface area contributed by atoms with E-state index in [0.717, 1.165) is 10.9 Å². The fourth-order valence-electron chi connectivity index (χ4n) is 1.64. The fraction of sp³-hybridized carbons (Fsp3) is 0.182. The molecule has 80 valence electrons. The largest absolute Gasteiger partial charge is 0.366 e. The van der Waals surface area contributed by atoms with Gasteiger partial charge in [0.1, 0.15) is 0 Å².